The molecule has 0 amide bonds. The van der Waals surface area contributed by atoms with E-state index in [0.29, 0.717) is 0 Å². The third-order valence-electron chi connectivity index (χ3n) is 4.01. The molecule has 98 valence electrons. The van der Waals surface area contributed by atoms with Gasteiger partial charge < -0.3 is 10.2 Å². The second-order valence-corrected chi connectivity index (χ2v) is 6.11. The lowest BCUT2D eigenvalue weighted by Gasteiger charge is -2.31. The van der Waals surface area contributed by atoms with E-state index < -0.39 is 0 Å². The van der Waals surface area contributed by atoms with E-state index >= 15 is 0 Å². The summed E-state index contributed by atoms with van der Waals surface area (Å²) in [6.45, 7) is 6.51. The fraction of sp³-hybridized carbons (Fsp3) is 0.714. The number of nitrogens with zero attached hydrogens (tertiary/aromatic N) is 3. The summed E-state index contributed by atoms with van der Waals surface area (Å²) >= 11 is 0. The third kappa shape index (κ3) is 2.48. The molecule has 2 heterocycles. The van der Waals surface area contributed by atoms with Crippen molar-refractivity contribution < 1.29 is 0 Å². The van der Waals surface area contributed by atoms with E-state index in [-0.39, 0.29) is 5.54 Å². The predicted octanol–water partition coefficient (Wildman–Crippen LogP) is 2.11. The number of nitrogens with one attached hydrogen (secondary N) is 1. The molecule has 1 aromatic rings. The highest BCUT2D eigenvalue weighted by atomic mass is 15.3. The standard InChI is InChI=1S/C14H22N4/c1-14(2)6-3-7-18(14)13-16-9-11(10-17-13)8-15-12-4-5-12/h9-10,12,15H,3-8H2,1-2H3. The van der Waals surface area contributed by atoms with Crippen molar-refractivity contribution in [2.45, 2.75) is 57.7 Å². The second-order valence-electron chi connectivity index (χ2n) is 6.11. The fourth-order valence-corrected chi connectivity index (χ4v) is 2.61. The minimum absolute atomic E-state index is 0.202. The van der Waals surface area contributed by atoms with Crippen LogP contribution in [0.25, 0.3) is 0 Å². The highest BCUT2D eigenvalue weighted by molar-refractivity contribution is 5.36. The van der Waals surface area contributed by atoms with E-state index in [1.807, 2.05) is 12.4 Å². The molecule has 0 bridgehead atoms. The maximum Gasteiger partial charge on any atom is 0.225 e. The van der Waals surface area contributed by atoms with Crippen molar-refractivity contribution in [2.24, 2.45) is 0 Å². The Morgan fingerprint density at radius 1 is 1.33 bits per heavy atom. The Kier molecular flexibility index (Phi) is 2.98. The zero-order valence-electron chi connectivity index (χ0n) is 11.3. The van der Waals surface area contributed by atoms with Gasteiger partial charge in [-0.25, -0.2) is 9.97 Å². The Labute approximate surface area is 109 Å². The van der Waals surface area contributed by atoms with Crippen LogP contribution in [0.1, 0.15) is 45.1 Å². The lowest BCUT2D eigenvalue weighted by atomic mass is 10.0. The molecule has 4 heteroatoms. The van der Waals surface area contributed by atoms with Crippen molar-refractivity contribution in [1.29, 1.82) is 0 Å². The summed E-state index contributed by atoms with van der Waals surface area (Å²) < 4.78 is 0. The lowest BCUT2D eigenvalue weighted by molar-refractivity contribution is 0.509. The predicted molar refractivity (Wildman–Crippen MR) is 72.6 cm³/mol. The zero-order chi connectivity index (χ0) is 12.6. The molecule has 1 aliphatic heterocycles. The van der Waals surface area contributed by atoms with Gasteiger partial charge in [0.2, 0.25) is 5.95 Å². The maximum absolute atomic E-state index is 4.53. The van der Waals surface area contributed by atoms with Crippen LogP contribution in [-0.4, -0.2) is 28.1 Å². The molecule has 4 nitrogen and oxygen atoms in total. The first-order valence-electron chi connectivity index (χ1n) is 6.97. The Hall–Kier alpha value is -1.16. The van der Waals surface area contributed by atoms with Gasteiger partial charge in [0.1, 0.15) is 0 Å². The van der Waals surface area contributed by atoms with Gasteiger partial charge in [0, 0.05) is 42.6 Å². The second kappa shape index (κ2) is 4.50. The van der Waals surface area contributed by atoms with Crippen molar-refractivity contribution in [3.8, 4) is 0 Å². The molecule has 3 rings (SSSR count). The highest BCUT2D eigenvalue weighted by Gasteiger charge is 2.33. The summed E-state index contributed by atoms with van der Waals surface area (Å²) in [6.07, 6.45) is 9.03. The van der Waals surface area contributed by atoms with Gasteiger partial charge in [0.05, 0.1) is 0 Å². The maximum atomic E-state index is 4.53. The van der Waals surface area contributed by atoms with Crippen LogP contribution in [0.15, 0.2) is 12.4 Å². The monoisotopic (exact) mass is 246 g/mol. The van der Waals surface area contributed by atoms with Crippen LogP contribution in [0.4, 0.5) is 5.95 Å². The molecule has 0 unspecified atom stereocenters. The number of aromatic nitrogens is 2. The van der Waals surface area contributed by atoms with Gasteiger partial charge in [-0.05, 0) is 39.5 Å². The van der Waals surface area contributed by atoms with Crippen LogP contribution in [0, 0.1) is 0 Å². The molecular weight excluding hydrogens is 224 g/mol. The molecule has 0 aromatic carbocycles. The van der Waals surface area contributed by atoms with Crippen LogP contribution in [0.3, 0.4) is 0 Å². The van der Waals surface area contributed by atoms with E-state index in [9.17, 15) is 0 Å². The average molecular weight is 246 g/mol. The van der Waals surface area contributed by atoms with Gasteiger partial charge in [-0.15, -0.1) is 0 Å². The molecule has 1 aromatic heterocycles. The first kappa shape index (κ1) is 11.9. The van der Waals surface area contributed by atoms with Crippen molar-refractivity contribution in [1.82, 2.24) is 15.3 Å². The molecule has 18 heavy (non-hydrogen) atoms. The Balaban J connectivity index is 1.66. The van der Waals surface area contributed by atoms with Crippen LogP contribution < -0.4 is 10.2 Å². The summed E-state index contributed by atoms with van der Waals surface area (Å²) in [6, 6.07) is 0.738. The third-order valence-corrected chi connectivity index (χ3v) is 4.01. The average Bonchev–Trinajstić information content (AvgIpc) is 3.11. The largest absolute Gasteiger partial charge is 0.336 e. The molecule has 1 saturated heterocycles. The minimum atomic E-state index is 0.202. The number of hydrogen-bond donors (Lipinski definition) is 1. The summed E-state index contributed by atoms with van der Waals surface area (Å²) in [5.74, 6) is 0.882. The van der Waals surface area contributed by atoms with Crippen molar-refractivity contribution in [2.75, 3.05) is 11.4 Å². The Bertz CT molecular complexity index is 408. The van der Waals surface area contributed by atoms with Gasteiger partial charge in [-0.1, -0.05) is 0 Å². The zero-order valence-corrected chi connectivity index (χ0v) is 11.3. The minimum Gasteiger partial charge on any atom is -0.336 e. The van der Waals surface area contributed by atoms with Crippen LogP contribution in [0.5, 0.6) is 0 Å². The van der Waals surface area contributed by atoms with Gasteiger partial charge >= 0.3 is 0 Å². The van der Waals surface area contributed by atoms with Crippen molar-refractivity contribution in [3.63, 3.8) is 0 Å². The van der Waals surface area contributed by atoms with E-state index in [1.165, 1.54) is 31.2 Å². The fourth-order valence-electron chi connectivity index (χ4n) is 2.61. The number of anilines is 1. The smallest absolute Gasteiger partial charge is 0.225 e. The molecule has 2 fully saturated rings. The summed E-state index contributed by atoms with van der Waals surface area (Å²) in [5.41, 5.74) is 1.39. The van der Waals surface area contributed by atoms with Crippen molar-refractivity contribution >= 4 is 5.95 Å². The molecule has 1 saturated carbocycles. The molecule has 0 radical (unpaired) electrons. The summed E-state index contributed by atoms with van der Waals surface area (Å²) in [7, 11) is 0. The SMILES string of the molecule is CC1(C)CCCN1c1ncc(CNC2CC2)cn1. The topological polar surface area (TPSA) is 41.1 Å². The molecule has 1 N–H and O–H groups in total. The molecule has 1 aliphatic carbocycles. The number of rotatable bonds is 4. The quantitative estimate of drug-likeness (QED) is 0.883. The number of hydrogen-bond acceptors (Lipinski definition) is 4. The summed E-state index contributed by atoms with van der Waals surface area (Å²) in [4.78, 5) is 11.4. The van der Waals surface area contributed by atoms with E-state index in [1.54, 1.807) is 0 Å². The summed E-state index contributed by atoms with van der Waals surface area (Å²) in [5, 5.41) is 3.48. The van der Waals surface area contributed by atoms with Crippen LogP contribution in [-0.2, 0) is 6.54 Å². The van der Waals surface area contributed by atoms with Crippen molar-refractivity contribution in [3.05, 3.63) is 18.0 Å². The van der Waals surface area contributed by atoms with Gasteiger partial charge in [0.15, 0.2) is 0 Å². The molecule has 2 aliphatic rings. The molecular formula is C14H22N4. The lowest BCUT2D eigenvalue weighted by Crippen LogP contribution is -2.39. The first-order valence-corrected chi connectivity index (χ1v) is 6.97. The normalized spacial score (nSPS) is 22.4. The Morgan fingerprint density at radius 2 is 2.06 bits per heavy atom. The highest BCUT2D eigenvalue weighted by Crippen LogP contribution is 2.31. The molecule has 0 atom stereocenters. The van der Waals surface area contributed by atoms with Crippen LogP contribution >= 0.6 is 0 Å². The van der Waals surface area contributed by atoms with Gasteiger partial charge in [-0.3, -0.25) is 0 Å². The van der Waals surface area contributed by atoms with E-state index in [0.717, 1.165) is 25.1 Å². The Morgan fingerprint density at radius 3 is 2.61 bits per heavy atom. The van der Waals surface area contributed by atoms with Gasteiger partial charge in [-0.2, -0.15) is 0 Å². The van der Waals surface area contributed by atoms with Gasteiger partial charge in [0.25, 0.3) is 0 Å². The first-order chi connectivity index (χ1) is 8.65. The van der Waals surface area contributed by atoms with E-state index in [2.05, 4.69) is 34.0 Å². The van der Waals surface area contributed by atoms with E-state index in [4.69, 9.17) is 0 Å². The molecule has 0 spiro atoms. The van der Waals surface area contributed by atoms with Crippen LogP contribution in [0.2, 0.25) is 0 Å².